The lowest BCUT2D eigenvalue weighted by Gasteiger charge is -2.20. The van der Waals surface area contributed by atoms with Crippen molar-refractivity contribution < 1.29 is 27.4 Å². The van der Waals surface area contributed by atoms with E-state index in [1.165, 1.54) is 7.11 Å². The Balaban J connectivity index is 1.71. The van der Waals surface area contributed by atoms with Crippen molar-refractivity contribution in [3.05, 3.63) is 35.1 Å². The molecule has 1 saturated heterocycles. The van der Waals surface area contributed by atoms with E-state index in [0.29, 0.717) is 47.2 Å². The van der Waals surface area contributed by atoms with Crippen LogP contribution in [0.3, 0.4) is 0 Å². The zero-order valence-corrected chi connectivity index (χ0v) is 18.8. The van der Waals surface area contributed by atoms with Crippen LogP contribution < -0.4 is 19.7 Å². The summed E-state index contributed by atoms with van der Waals surface area (Å²) in [5.41, 5.74) is 3.27. The molecule has 4 rings (SSSR count). The Kier molecular flexibility index (Phi) is 6.00. The van der Waals surface area contributed by atoms with Crippen molar-refractivity contribution in [2.24, 2.45) is 0 Å². The molecule has 0 saturated carbocycles. The third kappa shape index (κ3) is 4.37. The highest BCUT2D eigenvalue weighted by Crippen LogP contribution is 2.36. The maximum atomic E-state index is 12.6. The lowest BCUT2D eigenvalue weighted by Crippen LogP contribution is -2.44. The molecule has 1 aromatic carbocycles. The maximum Gasteiger partial charge on any atom is 0.471 e. The van der Waals surface area contributed by atoms with Gasteiger partial charge in [0.2, 0.25) is 0 Å². The second-order valence-electron chi connectivity index (χ2n) is 7.61. The predicted molar refractivity (Wildman–Crippen MR) is 116 cm³/mol. The van der Waals surface area contributed by atoms with Crippen LogP contribution in [0.15, 0.2) is 24.3 Å². The van der Waals surface area contributed by atoms with Gasteiger partial charge in [0.1, 0.15) is 0 Å². The van der Waals surface area contributed by atoms with Gasteiger partial charge in [0.05, 0.1) is 31.3 Å². The van der Waals surface area contributed by atoms with Gasteiger partial charge in [-0.3, -0.25) is 4.79 Å². The predicted octanol–water partition coefficient (Wildman–Crippen LogP) is 3.63. The molecule has 1 fully saturated rings. The number of alkyl halides is 3. The van der Waals surface area contributed by atoms with Crippen LogP contribution in [0.1, 0.15) is 12.1 Å². The highest BCUT2D eigenvalue weighted by molar-refractivity contribution is 6.29. The number of anilines is 1. The largest absolute Gasteiger partial charge is 0.493 e. The number of carbonyl (C=O) groups excluding carboxylic acids is 1. The van der Waals surface area contributed by atoms with E-state index in [1.807, 2.05) is 23.2 Å². The Bertz CT molecular complexity index is 1210. The maximum absolute atomic E-state index is 12.6. The summed E-state index contributed by atoms with van der Waals surface area (Å²) in [6.07, 6.45) is -4.56. The standard InChI is InChI=1S/C21H21ClF3N5O3/c1-11-18(12-4-5-15(32-2)16(8-12)33-3)30-19(26-11)14(9-17(22)28-30)29-7-6-13(10-29)27-20(31)21(23,24)25/h4-5,8-9,13H,6-7,10H2,1-3H3,(H,27,31)/t13-/m1/s1. The smallest absolute Gasteiger partial charge is 0.471 e. The number of hydrogen-bond acceptors (Lipinski definition) is 6. The fourth-order valence-electron chi connectivity index (χ4n) is 3.99. The molecule has 33 heavy (non-hydrogen) atoms. The van der Waals surface area contributed by atoms with E-state index in [4.69, 9.17) is 21.1 Å². The first-order valence-corrected chi connectivity index (χ1v) is 10.4. The van der Waals surface area contributed by atoms with Crippen molar-refractivity contribution >= 4 is 28.8 Å². The van der Waals surface area contributed by atoms with Gasteiger partial charge in [0.15, 0.2) is 22.3 Å². The topological polar surface area (TPSA) is 81.0 Å². The van der Waals surface area contributed by atoms with Crippen LogP contribution in [0, 0.1) is 6.92 Å². The zero-order valence-electron chi connectivity index (χ0n) is 18.0. The molecule has 3 aromatic rings. The molecule has 3 heterocycles. The van der Waals surface area contributed by atoms with Crippen LogP contribution in [0.25, 0.3) is 16.9 Å². The number of aromatic nitrogens is 3. The molecule has 1 amide bonds. The van der Waals surface area contributed by atoms with Gasteiger partial charge in [-0.05, 0) is 31.5 Å². The van der Waals surface area contributed by atoms with Crippen molar-refractivity contribution in [2.45, 2.75) is 25.6 Å². The number of methoxy groups -OCH3 is 2. The average molecular weight is 484 g/mol. The summed E-state index contributed by atoms with van der Waals surface area (Å²) in [7, 11) is 3.09. The Labute approximate surface area is 192 Å². The molecule has 1 aliphatic rings. The van der Waals surface area contributed by atoms with Gasteiger partial charge >= 0.3 is 12.1 Å². The van der Waals surface area contributed by atoms with Crippen LogP contribution in [-0.2, 0) is 4.79 Å². The van der Waals surface area contributed by atoms with Gasteiger partial charge in [-0.15, -0.1) is 0 Å². The number of nitrogens with zero attached hydrogens (tertiary/aromatic N) is 4. The van der Waals surface area contributed by atoms with E-state index in [0.717, 1.165) is 5.56 Å². The normalized spacial score (nSPS) is 16.3. The number of aryl methyl sites for hydroxylation is 1. The van der Waals surface area contributed by atoms with E-state index < -0.39 is 18.1 Å². The average Bonchev–Trinajstić information content (AvgIpc) is 3.35. The molecule has 0 radical (unpaired) electrons. The summed E-state index contributed by atoms with van der Waals surface area (Å²) in [4.78, 5) is 17.8. The number of halogens is 4. The van der Waals surface area contributed by atoms with Gasteiger partial charge < -0.3 is 19.7 Å². The lowest BCUT2D eigenvalue weighted by atomic mass is 10.1. The van der Waals surface area contributed by atoms with Gasteiger partial charge in [0.25, 0.3) is 0 Å². The molecule has 1 N–H and O–H groups in total. The molecule has 176 valence electrons. The molecule has 8 nitrogen and oxygen atoms in total. The second kappa shape index (κ2) is 8.62. The van der Waals surface area contributed by atoms with Crippen molar-refractivity contribution in [3.63, 3.8) is 0 Å². The van der Waals surface area contributed by atoms with Crippen LogP contribution >= 0.6 is 11.6 Å². The van der Waals surface area contributed by atoms with E-state index in [9.17, 15) is 18.0 Å². The minimum Gasteiger partial charge on any atom is -0.493 e. The van der Waals surface area contributed by atoms with E-state index in [1.54, 1.807) is 29.8 Å². The van der Waals surface area contributed by atoms with Crippen molar-refractivity contribution in [2.75, 3.05) is 32.2 Å². The molecule has 12 heteroatoms. The zero-order chi connectivity index (χ0) is 23.9. The summed E-state index contributed by atoms with van der Waals surface area (Å²) >= 11 is 6.31. The number of imidazole rings is 1. The molecular formula is C21H21ClF3N5O3. The van der Waals surface area contributed by atoms with Crippen LogP contribution in [0.4, 0.5) is 18.9 Å². The van der Waals surface area contributed by atoms with Crippen molar-refractivity contribution in [3.8, 4) is 22.8 Å². The van der Waals surface area contributed by atoms with Gasteiger partial charge in [-0.1, -0.05) is 11.6 Å². The third-order valence-corrected chi connectivity index (χ3v) is 5.67. The Morgan fingerprint density at radius 2 is 1.94 bits per heavy atom. The van der Waals surface area contributed by atoms with E-state index in [2.05, 4.69) is 10.1 Å². The molecule has 1 atom stereocenters. The Hall–Kier alpha value is -3.21. The summed E-state index contributed by atoms with van der Waals surface area (Å²) < 4.78 is 50.1. The van der Waals surface area contributed by atoms with E-state index >= 15 is 0 Å². The first-order valence-electron chi connectivity index (χ1n) is 10.0. The fraction of sp³-hybridized carbons (Fsp3) is 0.381. The second-order valence-corrected chi connectivity index (χ2v) is 7.99. The number of benzene rings is 1. The first-order chi connectivity index (χ1) is 15.6. The van der Waals surface area contributed by atoms with Crippen molar-refractivity contribution in [1.29, 1.82) is 0 Å². The van der Waals surface area contributed by atoms with Crippen LogP contribution in [0.5, 0.6) is 11.5 Å². The molecule has 1 aliphatic heterocycles. The number of hydrogen-bond donors (Lipinski definition) is 1. The molecular weight excluding hydrogens is 463 g/mol. The molecule has 0 unspecified atom stereocenters. The Morgan fingerprint density at radius 3 is 2.61 bits per heavy atom. The van der Waals surface area contributed by atoms with Crippen LogP contribution in [0.2, 0.25) is 5.15 Å². The van der Waals surface area contributed by atoms with Gasteiger partial charge in [-0.2, -0.15) is 18.3 Å². The molecule has 0 aliphatic carbocycles. The highest BCUT2D eigenvalue weighted by Gasteiger charge is 2.40. The number of amides is 1. The quantitative estimate of drug-likeness (QED) is 0.597. The number of rotatable bonds is 5. The summed E-state index contributed by atoms with van der Waals surface area (Å²) in [5, 5.41) is 6.64. The number of nitrogens with one attached hydrogen (secondary N) is 1. The molecule has 0 bridgehead atoms. The van der Waals surface area contributed by atoms with Gasteiger partial charge in [0, 0.05) is 30.8 Å². The SMILES string of the molecule is COc1ccc(-c2c(C)nc3c(N4CC[C@@H](NC(=O)C(F)(F)F)C4)cc(Cl)nn23)cc1OC. The number of carbonyl (C=O) groups is 1. The first kappa shape index (κ1) is 23.0. The van der Waals surface area contributed by atoms with Gasteiger partial charge in [-0.25, -0.2) is 9.50 Å². The number of fused-ring (bicyclic) bond motifs is 1. The Morgan fingerprint density at radius 1 is 1.21 bits per heavy atom. The third-order valence-electron chi connectivity index (χ3n) is 5.49. The molecule has 2 aromatic heterocycles. The highest BCUT2D eigenvalue weighted by atomic mass is 35.5. The lowest BCUT2D eigenvalue weighted by molar-refractivity contribution is -0.174. The summed E-state index contributed by atoms with van der Waals surface area (Å²) in [6, 6.07) is 6.39. The van der Waals surface area contributed by atoms with E-state index in [-0.39, 0.29) is 11.7 Å². The fourth-order valence-corrected chi connectivity index (χ4v) is 4.17. The minimum atomic E-state index is -4.92. The monoisotopic (exact) mass is 483 g/mol. The summed E-state index contributed by atoms with van der Waals surface area (Å²) in [5.74, 6) is -0.836. The molecule has 0 spiro atoms. The number of ether oxygens (including phenoxy) is 2. The minimum absolute atomic E-state index is 0.190. The van der Waals surface area contributed by atoms with Crippen LogP contribution in [-0.4, -0.2) is 60.0 Å². The summed E-state index contributed by atoms with van der Waals surface area (Å²) in [6.45, 7) is 2.45. The van der Waals surface area contributed by atoms with Crippen molar-refractivity contribution in [1.82, 2.24) is 19.9 Å².